The second kappa shape index (κ2) is 8.45. The van der Waals surface area contributed by atoms with Crippen LogP contribution in [0.2, 0.25) is 0 Å². The second-order valence-electron chi connectivity index (χ2n) is 8.08. The van der Waals surface area contributed by atoms with E-state index in [-0.39, 0.29) is 30.7 Å². The maximum Gasteiger partial charge on any atom is 0.271 e. The Hall–Kier alpha value is -3.68. The van der Waals surface area contributed by atoms with Crippen LogP contribution in [-0.4, -0.2) is 45.8 Å². The minimum atomic E-state index is -1.14. The number of halogens is 1. The van der Waals surface area contributed by atoms with Crippen LogP contribution >= 0.6 is 0 Å². The van der Waals surface area contributed by atoms with Crippen LogP contribution in [0.15, 0.2) is 54.6 Å². The topological polar surface area (TPSA) is 83.4 Å². The molecule has 1 aliphatic rings. The number of hydrogen-bond donors (Lipinski definition) is 2. The molecule has 1 aromatic heterocycles. The largest absolute Gasteiger partial charge is 0.350 e. The van der Waals surface area contributed by atoms with Crippen molar-refractivity contribution in [3.05, 3.63) is 71.7 Å². The molecule has 2 aromatic carbocycles. The van der Waals surface area contributed by atoms with Crippen LogP contribution in [-0.2, 0) is 22.7 Å². The maximum absolute atomic E-state index is 13.2. The van der Waals surface area contributed by atoms with Gasteiger partial charge in [-0.3, -0.25) is 14.4 Å². The zero-order valence-corrected chi connectivity index (χ0v) is 18.0. The van der Waals surface area contributed by atoms with Crippen molar-refractivity contribution >= 4 is 28.6 Å². The van der Waals surface area contributed by atoms with Crippen LogP contribution in [0.4, 0.5) is 4.39 Å². The summed E-state index contributed by atoms with van der Waals surface area (Å²) in [6.07, 6.45) is 0. The molecule has 0 spiro atoms. The molecule has 8 heteroatoms. The monoisotopic (exact) mass is 436 g/mol. The van der Waals surface area contributed by atoms with Gasteiger partial charge in [-0.25, -0.2) is 4.39 Å². The number of likely N-dealkylation sites (N-methyl/N-ethyl adjacent to an activating group) is 1. The predicted octanol–water partition coefficient (Wildman–Crippen LogP) is 2.45. The number of carbonyl (C=O) groups excluding carboxylic acids is 3. The Morgan fingerprint density at radius 2 is 1.81 bits per heavy atom. The molecule has 1 atom stereocenters. The van der Waals surface area contributed by atoms with Gasteiger partial charge in [0.2, 0.25) is 11.8 Å². The molecule has 32 heavy (non-hydrogen) atoms. The third-order valence-electron chi connectivity index (χ3n) is 5.95. The molecule has 7 nitrogen and oxygen atoms in total. The summed E-state index contributed by atoms with van der Waals surface area (Å²) in [5, 5.41) is 6.31. The lowest BCUT2D eigenvalue weighted by molar-refractivity contribution is -0.134. The van der Waals surface area contributed by atoms with Gasteiger partial charge in [-0.2, -0.15) is 0 Å². The lowest BCUT2D eigenvalue weighted by atomic mass is 9.95. The molecule has 3 aromatic rings. The standard InChI is InChI=1S/C24H25FN4O3/c1-3-29-22(31)20-12-17-6-4-5-7-19(17)28(20)15-24(29,2)23(32)27-14-21(30)26-13-16-8-10-18(25)11-9-16/h4-12H,3,13-15H2,1-2H3,(H,26,30)(H,27,32)/t24-/m1/s1. The zero-order valence-electron chi connectivity index (χ0n) is 18.0. The number of para-hydroxylation sites is 1. The highest BCUT2D eigenvalue weighted by Crippen LogP contribution is 2.32. The molecule has 0 aliphatic carbocycles. The van der Waals surface area contributed by atoms with E-state index in [0.717, 1.165) is 16.5 Å². The number of benzene rings is 2. The van der Waals surface area contributed by atoms with Crippen LogP contribution in [0, 0.1) is 5.82 Å². The van der Waals surface area contributed by atoms with Crippen molar-refractivity contribution in [1.29, 1.82) is 0 Å². The number of carbonyl (C=O) groups is 3. The number of nitrogens with zero attached hydrogens (tertiary/aromatic N) is 2. The van der Waals surface area contributed by atoms with E-state index in [9.17, 15) is 18.8 Å². The Kier molecular flexibility index (Phi) is 5.69. The van der Waals surface area contributed by atoms with Gasteiger partial charge in [-0.15, -0.1) is 0 Å². The molecule has 0 bridgehead atoms. The van der Waals surface area contributed by atoms with Crippen molar-refractivity contribution in [3.8, 4) is 0 Å². The summed E-state index contributed by atoms with van der Waals surface area (Å²) in [6, 6.07) is 15.3. The molecule has 0 unspecified atom stereocenters. The Labute approximate surface area is 185 Å². The Morgan fingerprint density at radius 3 is 2.53 bits per heavy atom. The van der Waals surface area contributed by atoms with Crippen molar-refractivity contribution in [2.24, 2.45) is 0 Å². The first-order valence-electron chi connectivity index (χ1n) is 10.5. The highest BCUT2D eigenvalue weighted by molar-refractivity contribution is 6.04. The van der Waals surface area contributed by atoms with Gasteiger partial charge in [-0.05, 0) is 43.7 Å². The first kappa shape index (κ1) is 21.5. The molecular weight excluding hydrogens is 411 g/mol. The minimum absolute atomic E-state index is 0.214. The van der Waals surface area contributed by atoms with E-state index in [0.29, 0.717) is 18.8 Å². The Morgan fingerprint density at radius 1 is 1.09 bits per heavy atom. The van der Waals surface area contributed by atoms with Gasteiger partial charge in [-0.1, -0.05) is 30.3 Å². The van der Waals surface area contributed by atoms with Crippen molar-refractivity contribution in [1.82, 2.24) is 20.1 Å². The highest BCUT2D eigenvalue weighted by Gasteiger charge is 2.46. The first-order valence-corrected chi connectivity index (χ1v) is 10.5. The van der Waals surface area contributed by atoms with Gasteiger partial charge < -0.3 is 20.1 Å². The van der Waals surface area contributed by atoms with Crippen molar-refractivity contribution in [2.75, 3.05) is 13.1 Å². The van der Waals surface area contributed by atoms with Crippen LogP contribution < -0.4 is 10.6 Å². The average molecular weight is 436 g/mol. The number of rotatable bonds is 6. The van der Waals surface area contributed by atoms with E-state index in [1.165, 1.54) is 12.1 Å². The van der Waals surface area contributed by atoms with Crippen LogP contribution in [0.5, 0.6) is 0 Å². The third-order valence-corrected chi connectivity index (χ3v) is 5.95. The molecular formula is C24H25FN4O3. The fraction of sp³-hybridized carbons (Fsp3) is 0.292. The van der Waals surface area contributed by atoms with Gasteiger partial charge in [0.1, 0.15) is 17.1 Å². The number of amides is 3. The summed E-state index contributed by atoms with van der Waals surface area (Å²) in [5.41, 5.74) is 1.05. The number of hydrogen-bond acceptors (Lipinski definition) is 3. The Balaban J connectivity index is 1.46. The molecule has 4 rings (SSSR count). The van der Waals surface area contributed by atoms with E-state index in [2.05, 4.69) is 10.6 Å². The normalized spacial score (nSPS) is 17.8. The molecule has 166 valence electrons. The highest BCUT2D eigenvalue weighted by atomic mass is 19.1. The molecule has 0 saturated heterocycles. The van der Waals surface area contributed by atoms with Crippen molar-refractivity contribution in [3.63, 3.8) is 0 Å². The zero-order chi connectivity index (χ0) is 22.9. The fourth-order valence-corrected chi connectivity index (χ4v) is 4.22. The third kappa shape index (κ3) is 3.84. The predicted molar refractivity (Wildman–Crippen MR) is 118 cm³/mol. The van der Waals surface area contributed by atoms with E-state index < -0.39 is 11.4 Å². The maximum atomic E-state index is 13.2. The van der Waals surface area contributed by atoms with Crippen molar-refractivity contribution < 1.29 is 18.8 Å². The quantitative estimate of drug-likeness (QED) is 0.623. The molecule has 0 radical (unpaired) electrons. The Bertz CT molecular complexity index is 1190. The summed E-state index contributed by atoms with van der Waals surface area (Å²) < 4.78 is 14.9. The number of fused-ring (bicyclic) bond motifs is 3. The second-order valence-corrected chi connectivity index (χ2v) is 8.08. The summed E-state index contributed by atoms with van der Waals surface area (Å²) in [4.78, 5) is 40.1. The van der Waals surface area contributed by atoms with Crippen molar-refractivity contribution in [2.45, 2.75) is 32.5 Å². The van der Waals surface area contributed by atoms with Gasteiger partial charge in [0.15, 0.2) is 0 Å². The van der Waals surface area contributed by atoms with Crippen LogP contribution in [0.1, 0.15) is 29.9 Å². The number of aromatic nitrogens is 1. The molecule has 2 heterocycles. The van der Waals surface area contributed by atoms with Crippen LogP contribution in [0.25, 0.3) is 10.9 Å². The molecule has 1 aliphatic heterocycles. The first-order chi connectivity index (χ1) is 15.3. The van der Waals surface area contributed by atoms with Gasteiger partial charge >= 0.3 is 0 Å². The minimum Gasteiger partial charge on any atom is -0.350 e. The summed E-state index contributed by atoms with van der Waals surface area (Å²) in [5.74, 6) is -1.33. The van der Waals surface area contributed by atoms with E-state index in [4.69, 9.17) is 0 Å². The molecule has 0 fully saturated rings. The van der Waals surface area contributed by atoms with Gasteiger partial charge in [0, 0.05) is 24.0 Å². The lowest BCUT2D eigenvalue weighted by Crippen LogP contribution is -2.64. The molecule has 3 amide bonds. The fourth-order valence-electron chi connectivity index (χ4n) is 4.22. The number of nitrogens with one attached hydrogen (secondary N) is 2. The van der Waals surface area contributed by atoms with Gasteiger partial charge in [0.25, 0.3) is 5.91 Å². The lowest BCUT2D eigenvalue weighted by Gasteiger charge is -2.43. The smallest absolute Gasteiger partial charge is 0.271 e. The molecule has 2 N–H and O–H groups in total. The summed E-state index contributed by atoms with van der Waals surface area (Å²) in [7, 11) is 0. The SMILES string of the molecule is CCN1C(=O)c2cc3ccccc3n2C[C@]1(C)C(=O)NCC(=O)NCc1ccc(F)cc1. The summed E-state index contributed by atoms with van der Waals surface area (Å²) >= 11 is 0. The van der Waals surface area contributed by atoms with E-state index in [1.54, 1.807) is 24.0 Å². The average Bonchev–Trinajstić information content (AvgIpc) is 3.16. The summed E-state index contributed by atoms with van der Waals surface area (Å²) in [6.45, 7) is 4.21. The molecule has 0 saturated carbocycles. The van der Waals surface area contributed by atoms with Gasteiger partial charge in [0.05, 0.1) is 13.1 Å². The van der Waals surface area contributed by atoms with E-state index >= 15 is 0 Å². The van der Waals surface area contributed by atoms with E-state index in [1.807, 2.05) is 41.8 Å². The van der Waals surface area contributed by atoms with Crippen LogP contribution in [0.3, 0.4) is 0 Å².